The molecular weight excluding hydrogens is 285 g/mol. The molecule has 0 fully saturated rings. The number of thiophene rings is 1. The molecule has 0 saturated heterocycles. The van der Waals surface area contributed by atoms with Crippen molar-refractivity contribution < 1.29 is 9.18 Å². The zero-order valence-corrected chi connectivity index (χ0v) is 11.9. The second-order valence-corrected chi connectivity index (χ2v) is 5.59. The van der Waals surface area contributed by atoms with Gasteiger partial charge < -0.3 is 5.32 Å². The average Bonchev–Trinajstić information content (AvgIpc) is 2.77. The maximum absolute atomic E-state index is 13.5. The first-order valence-corrected chi connectivity index (χ1v) is 7.06. The normalized spacial score (nSPS) is 10.5. The monoisotopic (exact) mass is 297 g/mol. The molecule has 5 heteroatoms. The Bertz CT molecular complexity index is 577. The number of aryl methyl sites for hydroxylation is 1. The van der Waals surface area contributed by atoms with Crippen molar-refractivity contribution in [2.24, 2.45) is 0 Å². The Kier molecular flexibility index (Phi) is 4.56. The molecule has 1 aromatic heterocycles. The predicted molar refractivity (Wildman–Crippen MR) is 76.0 cm³/mol. The molecule has 1 aromatic carbocycles. The van der Waals surface area contributed by atoms with E-state index < -0.39 is 5.82 Å². The van der Waals surface area contributed by atoms with Crippen LogP contribution in [0, 0.1) is 12.7 Å². The lowest BCUT2D eigenvalue weighted by Crippen LogP contribution is -2.25. The van der Waals surface area contributed by atoms with Crippen molar-refractivity contribution in [3.8, 4) is 0 Å². The van der Waals surface area contributed by atoms with Gasteiger partial charge in [0.05, 0.1) is 13.0 Å². The summed E-state index contributed by atoms with van der Waals surface area (Å²) in [5.74, 6) is -0.685. The van der Waals surface area contributed by atoms with Crippen molar-refractivity contribution in [3.63, 3.8) is 0 Å². The van der Waals surface area contributed by atoms with Gasteiger partial charge in [-0.05, 0) is 36.1 Å². The molecule has 0 saturated carbocycles. The number of amides is 1. The molecule has 0 aliphatic rings. The molecule has 1 amide bonds. The fourth-order valence-electron chi connectivity index (χ4n) is 1.69. The molecule has 1 N–H and O–H groups in total. The van der Waals surface area contributed by atoms with Crippen molar-refractivity contribution >= 4 is 28.8 Å². The number of hydrogen-bond donors (Lipinski definition) is 1. The summed E-state index contributed by atoms with van der Waals surface area (Å²) in [6.45, 7) is 2.46. The van der Waals surface area contributed by atoms with Gasteiger partial charge in [0.25, 0.3) is 0 Å². The summed E-state index contributed by atoms with van der Waals surface area (Å²) in [6, 6.07) is 6.41. The number of carbonyl (C=O) groups is 1. The Morgan fingerprint density at radius 1 is 1.42 bits per heavy atom. The van der Waals surface area contributed by atoms with Crippen molar-refractivity contribution in [1.82, 2.24) is 5.32 Å². The van der Waals surface area contributed by atoms with Gasteiger partial charge in [0, 0.05) is 15.5 Å². The molecule has 0 radical (unpaired) electrons. The summed E-state index contributed by atoms with van der Waals surface area (Å²) in [5, 5.41) is 5.03. The molecule has 100 valence electrons. The SMILES string of the molecule is Cc1ccsc1CNC(=O)Cc1c(F)cccc1Cl. The number of benzene rings is 1. The van der Waals surface area contributed by atoms with Crippen molar-refractivity contribution in [2.75, 3.05) is 0 Å². The van der Waals surface area contributed by atoms with Gasteiger partial charge in [0.15, 0.2) is 0 Å². The summed E-state index contributed by atoms with van der Waals surface area (Å²) in [7, 11) is 0. The van der Waals surface area contributed by atoms with Crippen LogP contribution in [0.3, 0.4) is 0 Å². The third-order valence-electron chi connectivity index (χ3n) is 2.81. The van der Waals surface area contributed by atoms with Crippen LogP contribution in [0.1, 0.15) is 16.0 Å². The maximum Gasteiger partial charge on any atom is 0.224 e. The van der Waals surface area contributed by atoms with E-state index in [2.05, 4.69) is 5.32 Å². The molecule has 2 aromatic rings. The number of carbonyl (C=O) groups excluding carboxylic acids is 1. The topological polar surface area (TPSA) is 29.1 Å². The third kappa shape index (κ3) is 3.55. The van der Waals surface area contributed by atoms with Crippen molar-refractivity contribution in [3.05, 3.63) is 56.5 Å². The van der Waals surface area contributed by atoms with Crippen LogP contribution in [0.2, 0.25) is 5.02 Å². The van der Waals surface area contributed by atoms with Gasteiger partial charge in [-0.15, -0.1) is 11.3 Å². The highest BCUT2D eigenvalue weighted by Gasteiger charge is 2.12. The minimum Gasteiger partial charge on any atom is -0.351 e. The lowest BCUT2D eigenvalue weighted by Gasteiger charge is -2.07. The van der Waals surface area contributed by atoms with E-state index in [4.69, 9.17) is 11.6 Å². The van der Waals surface area contributed by atoms with Gasteiger partial charge in [-0.2, -0.15) is 0 Å². The average molecular weight is 298 g/mol. The fourth-order valence-corrected chi connectivity index (χ4v) is 2.76. The highest BCUT2D eigenvalue weighted by molar-refractivity contribution is 7.10. The van der Waals surface area contributed by atoms with Crippen LogP contribution in [0.25, 0.3) is 0 Å². The Morgan fingerprint density at radius 2 is 2.21 bits per heavy atom. The number of rotatable bonds is 4. The van der Waals surface area contributed by atoms with Crippen LogP contribution in [-0.4, -0.2) is 5.91 Å². The van der Waals surface area contributed by atoms with Gasteiger partial charge in [0.2, 0.25) is 5.91 Å². The first-order valence-electron chi connectivity index (χ1n) is 5.80. The largest absolute Gasteiger partial charge is 0.351 e. The van der Waals surface area contributed by atoms with E-state index in [1.165, 1.54) is 12.1 Å². The third-order valence-corrected chi connectivity index (χ3v) is 4.19. The van der Waals surface area contributed by atoms with E-state index in [1.54, 1.807) is 17.4 Å². The lowest BCUT2D eigenvalue weighted by molar-refractivity contribution is -0.120. The molecule has 1 heterocycles. The highest BCUT2D eigenvalue weighted by Crippen LogP contribution is 2.19. The number of halogens is 2. The van der Waals surface area contributed by atoms with E-state index in [-0.39, 0.29) is 22.9 Å². The summed E-state index contributed by atoms with van der Waals surface area (Å²) < 4.78 is 13.5. The van der Waals surface area contributed by atoms with Gasteiger partial charge in [-0.3, -0.25) is 4.79 Å². The minimum atomic E-state index is -0.449. The van der Waals surface area contributed by atoms with Crippen LogP contribution in [0.15, 0.2) is 29.6 Å². The van der Waals surface area contributed by atoms with Gasteiger partial charge >= 0.3 is 0 Å². The zero-order valence-electron chi connectivity index (χ0n) is 10.4. The van der Waals surface area contributed by atoms with Crippen LogP contribution < -0.4 is 5.32 Å². The summed E-state index contributed by atoms with van der Waals surface area (Å²) in [5.41, 5.74) is 1.39. The number of nitrogens with one attached hydrogen (secondary N) is 1. The highest BCUT2D eigenvalue weighted by atomic mass is 35.5. The summed E-state index contributed by atoms with van der Waals surface area (Å²) >= 11 is 7.47. The van der Waals surface area contributed by atoms with E-state index in [0.29, 0.717) is 6.54 Å². The summed E-state index contributed by atoms with van der Waals surface area (Å²) in [6.07, 6.45) is -0.0457. The first-order chi connectivity index (χ1) is 9.08. The Labute approximate surface area is 120 Å². The molecule has 2 nitrogen and oxygen atoms in total. The minimum absolute atomic E-state index is 0.0457. The predicted octanol–water partition coefficient (Wildman–Crippen LogP) is 3.71. The molecule has 0 bridgehead atoms. The Morgan fingerprint density at radius 3 is 2.84 bits per heavy atom. The van der Waals surface area contributed by atoms with Crippen LogP contribution in [0.4, 0.5) is 4.39 Å². The smallest absolute Gasteiger partial charge is 0.224 e. The molecule has 0 aliphatic heterocycles. The standard InChI is InChI=1S/C14H13ClFNOS/c1-9-5-6-19-13(9)8-17-14(18)7-10-11(15)3-2-4-12(10)16/h2-6H,7-8H2,1H3,(H,17,18). The second kappa shape index (κ2) is 6.17. The molecule has 19 heavy (non-hydrogen) atoms. The lowest BCUT2D eigenvalue weighted by atomic mass is 10.1. The molecule has 0 aliphatic carbocycles. The fraction of sp³-hybridized carbons (Fsp3) is 0.214. The maximum atomic E-state index is 13.5. The van der Waals surface area contributed by atoms with Crippen LogP contribution in [0.5, 0.6) is 0 Å². The van der Waals surface area contributed by atoms with E-state index in [1.807, 2.05) is 18.4 Å². The van der Waals surface area contributed by atoms with Gasteiger partial charge in [0.1, 0.15) is 5.82 Å². The summed E-state index contributed by atoms with van der Waals surface area (Å²) in [4.78, 5) is 12.9. The molecular formula is C14H13ClFNOS. The molecule has 0 spiro atoms. The van der Waals surface area contributed by atoms with Gasteiger partial charge in [-0.25, -0.2) is 4.39 Å². The van der Waals surface area contributed by atoms with E-state index in [9.17, 15) is 9.18 Å². The zero-order chi connectivity index (χ0) is 13.8. The van der Waals surface area contributed by atoms with Crippen LogP contribution >= 0.6 is 22.9 Å². The quantitative estimate of drug-likeness (QED) is 0.916. The van der Waals surface area contributed by atoms with Crippen molar-refractivity contribution in [1.29, 1.82) is 0 Å². The Balaban J connectivity index is 1.97. The molecule has 0 atom stereocenters. The first kappa shape index (κ1) is 14.0. The second-order valence-electron chi connectivity index (χ2n) is 4.18. The van der Waals surface area contributed by atoms with E-state index in [0.717, 1.165) is 10.4 Å². The number of hydrogen-bond acceptors (Lipinski definition) is 2. The van der Waals surface area contributed by atoms with E-state index >= 15 is 0 Å². The van der Waals surface area contributed by atoms with Gasteiger partial charge in [-0.1, -0.05) is 17.7 Å². The molecule has 0 unspecified atom stereocenters. The van der Waals surface area contributed by atoms with Crippen LogP contribution in [-0.2, 0) is 17.8 Å². The Hall–Kier alpha value is -1.39. The molecule has 2 rings (SSSR count). The van der Waals surface area contributed by atoms with Crippen molar-refractivity contribution in [2.45, 2.75) is 19.9 Å².